The van der Waals surface area contributed by atoms with Crippen LogP contribution >= 0.6 is 0 Å². The average Bonchev–Trinajstić information content (AvgIpc) is 3.57. The molecule has 1 fully saturated rings. The summed E-state index contributed by atoms with van der Waals surface area (Å²) in [5.74, 6) is 1.37. The van der Waals surface area contributed by atoms with E-state index in [1.807, 2.05) is 36.7 Å². The Bertz CT molecular complexity index is 1340. The average molecular weight is 501 g/mol. The van der Waals surface area contributed by atoms with E-state index in [1.54, 1.807) is 36.7 Å². The van der Waals surface area contributed by atoms with Crippen LogP contribution < -0.4 is 15.5 Å². The quantitative estimate of drug-likeness (QED) is 0.239. The number of pyridine rings is 1. The fourth-order valence-electron chi connectivity index (χ4n) is 4.36. The number of amides is 2. The van der Waals surface area contributed by atoms with E-state index in [9.17, 15) is 4.79 Å². The number of aryl methyl sites for hydroxylation is 1. The topological polar surface area (TPSA) is 103 Å². The Labute approximate surface area is 215 Å². The number of carbonyl (C=O) groups is 1. The van der Waals surface area contributed by atoms with Crippen molar-refractivity contribution < 1.29 is 9.53 Å². The molecule has 5 rings (SSSR count). The molecule has 0 aliphatic carbocycles. The van der Waals surface area contributed by atoms with E-state index in [-0.39, 0.29) is 0 Å². The number of hydrazone groups is 1. The molecule has 0 spiro atoms. The molecule has 37 heavy (non-hydrogen) atoms. The van der Waals surface area contributed by atoms with E-state index in [0.29, 0.717) is 17.2 Å². The Morgan fingerprint density at radius 2 is 1.95 bits per heavy atom. The van der Waals surface area contributed by atoms with E-state index < -0.39 is 6.03 Å². The van der Waals surface area contributed by atoms with Crippen LogP contribution in [0.3, 0.4) is 0 Å². The molecule has 4 heterocycles. The minimum absolute atomic E-state index is 0.416. The van der Waals surface area contributed by atoms with E-state index in [0.717, 1.165) is 62.4 Å². The van der Waals surface area contributed by atoms with Gasteiger partial charge in [-0.05, 0) is 68.5 Å². The first-order chi connectivity index (χ1) is 18.1. The van der Waals surface area contributed by atoms with Gasteiger partial charge in [0.2, 0.25) is 0 Å². The maximum atomic E-state index is 12.3. The summed E-state index contributed by atoms with van der Waals surface area (Å²) in [5, 5.41) is 7.80. The van der Waals surface area contributed by atoms with E-state index >= 15 is 0 Å². The molecule has 10 nitrogen and oxygen atoms in total. The van der Waals surface area contributed by atoms with Crippen LogP contribution in [0.5, 0.6) is 11.5 Å². The third-order valence-corrected chi connectivity index (χ3v) is 6.46. The summed E-state index contributed by atoms with van der Waals surface area (Å²) in [6.07, 6.45) is 8.31. The summed E-state index contributed by atoms with van der Waals surface area (Å²) >= 11 is 0. The van der Waals surface area contributed by atoms with Crippen molar-refractivity contribution in [1.29, 1.82) is 0 Å². The Morgan fingerprint density at radius 1 is 1.11 bits per heavy atom. The Kier molecular flexibility index (Phi) is 7.78. The second-order valence-corrected chi connectivity index (χ2v) is 9.12. The fraction of sp³-hybridized carbons (Fsp3) is 0.296. The summed E-state index contributed by atoms with van der Waals surface area (Å²) in [4.78, 5) is 24.5. The predicted octanol–water partition coefficient (Wildman–Crippen LogP) is 3.95. The zero-order valence-electron chi connectivity index (χ0n) is 20.9. The van der Waals surface area contributed by atoms with E-state index in [2.05, 4.69) is 47.2 Å². The van der Waals surface area contributed by atoms with Crippen molar-refractivity contribution in [1.82, 2.24) is 29.8 Å². The molecule has 0 bridgehead atoms. The summed E-state index contributed by atoms with van der Waals surface area (Å²) < 4.78 is 8.13. The lowest BCUT2D eigenvalue weighted by atomic mass is 10.3. The Morgan fingerprint density at radius 3 is 2.78 bits per heavy atom. The molecule has 0 atom stereocenters. The molecule has 3 aromatic heterocycles. The van der Waals surface area contributed by atoms with Gasteiger partial charge in [-0.3, -0.25) is 0 Å². The number of urea groups is 1. The first-order valence-electron chi connectivity index (χ1n) is 12.5. The van der Waals surface area contributed by atoms with Crippen molar-refractivity contribution in [2.75, 3.05) is 45.1 Å². The SMILES string of the molecule is CN1CCN(CCCn2cccc2/C=N/NC(=O)Nc2ccc(Oc3ccnc4[nH]ccc34)cc2)CC1. The predicted molar refractivity (Wildman–Crippen MR) is 145 cm³/mol. The van der Waals surface area contributed by atoms with Crippen LogP contribution in [0.2, 0.25) is 0 Å². The van der Waals surface area contributed by atoms with Crippen LogP contribution in [0, 0.1) is 0 Å². The second kappa shape index (κ2) is 11.7. The summed E-state index contributed by atoms with van der Waals surface area (Å²) in [5.41, 5.74) is 4.89. The minimum Gasteiger partial charge on any atom is -0.457 e. The van der Waals surface area contributed by atoms with E-state index in [4.69, 9.17) is 4.74 Å². The normalized spacial score (nSPS) is 14.8. The molecule has 0 saturated carbocycles. The van der Waals surface area contributed by atoms with Crippen molar-refractivity contribution in [2.45, 2.75) is 13.0 Å². The molecule has 1 aliphatic rings. The zero-order chi connectivity index (χ0) is 25.5. The lowest BCUT2D eigenvalue weighted by Gasteiger charge is -2.32. The number of nitrogens with one attached hydrogen (secondary N) is 3. The van der Waals surface area contributed by atoms with Crippen molar-refractivity contribution in [2.24, 2.45) is 5.10 Å². The standard InChI is InChI=1S/C27H32N8O2/c1-33-16-18-34(19-17-33)13-3-15-35-14-2-4-22(35)20-30-32-27(36)31-21-5-7-23(8-6-21)37-25-10-12-29-26-24(25)9-11-28-26/h2,4-12,14,20H,3,13,15-19H2,1H3,(H,28,29)(H2,31,32,36)/b30-20+. The van der Waals surface area contributed by atoms with Gasteiger partial charge in [-0.1, -0.05) is 0 Å². The van der Waals surface area contributed by atoms with Crippen LogP contribution in [0.15, 0.2) is 72.2 Å². The van der Waals surface area contributed by atoms with Crippen molar-refractivity contribution in [3.05, 3.63) is 72.8 Å². The number of benzene rings is 1. The van der Waals surface area contributed by atoms with Crippen LogP contribution in [0.25, 0.3) is 11.0 Å². The number of aromatic amines is 1. The van der Waals surface area contributed by atoms with Crippen molar-refractivity contribution in [3.63, 3.8) is 0 Å². The number of piperazine rings is 1. The van der Waals surface area contributed by atoms with Gasteiger partial charge in [-0.2, -0.15) is 5.10 Å². The number of fused-ring (bicyclic) bond motifs is 1. The lowest BCUT2D eigenvalue weighted by Crippen LogP contribution is -2.44. The maximum Gasteiger partial charge on any atom is 0.339 e. The Hall–Kier alpha value is -4.15. The van der Waals surface area contributed by atoms with Crippen LogP contribution in [0.4, 0.5) is 10.5 Å². The number of hydrogen-bond donors (Lipinski definition) is 3. The summed E-state index contributed by atoms with van der Waals surface area (Å²) in [6.45, 7) is 6.54. The van der Waals surface area contributed by atoms with Gasteiger partial charge in [0, 0.05) is 57.0 Å². The number of anilines is 1. The highest BCUT2D eigenvalue weighted by molar-refractivity contribution is 5.90. The lowest BCUT2D eigenvalue weighted by molar-refractivity contribution is 0.151. The number of carbonyl (C=O) groups excluding carboxylic acids is 1. The number of rotatable bonds is 9. The van der Waals surface area contributed by atoms with Crippen molar-refractivity contribution >= 4 is 29.0 Å². The maximum absolute atomic E-state index is 12.3. The monoisotopic (exact) mass is 500 g/mol. The highest BCUT2D eigenvalue weighted by Gasteiger charge is 2.13. The third kappa shape index (κ3) is 6.54. The van der Waals surface area contributed by atoms with Gasteiger partial charge in [-0.15, -0.1) is 0 Å². The molecule has 1 aliphatic heterocycles. The fourth-order valence-corrected chi connectivity index (χ4v) is 4.36. The molecule has 10 heteroatoms. The van der Waals surface area contributed by atoms with Crippen LogP contribution in [0.1, 0.15) is 12.1 Å². The second-order valence-electron chi connectivity index (χ2n) is 9.12. The molecular weight excluding hydrogens is 468 g/mol. The summed E-state index contributed by atoms with van der Waals surface area (Å²) in [6, 6.07) is 14.5. The highest BCUT2D eigenvalue weighted by Crippen LogP contribution is 2.28. The van der Waals surface area contributed by atoms with Gasteiger partial charge in [0.25, 0.3) is 0 Å². The van der Waals surface area contributed by atoms with Gasteiger partial charge < -0.3 is 29.4 Å². The number of nitrogens with zero attached hydrogens (tertiary/aromatic N) is 5. The van der Waals surface area contributed by atoms with Gasteiger partial charge in [-0.25, -0.2) is 15.2 Å². The molecule has 1 aromatic carbocycles. The van der Waals surface area contributed by atoms with E-state index in [1.165, 1.54) is 0 Å². The number of ether oxygens (including phenoxy) is 1. The van der Waals surface area contributed by atoms with Gasteiger partial charge in [0.05, 0.1) is 17.3 Å². The molecule has 0 radical (unpaired) electrons. The van der Waals surface area contributed by atoms with Gasteiger partial charge in [0.15, 0.2) is 0 Å². The molecule has 192 valence electrons. The first-order valence-corrected chi connectivity index (χ1v) is 12.5. The van der Waals surface area contributed by atoms with Crippen LogP contribution in [-0.2, 0) is 6.54 Å². The number of hydrogen-bond acceptors (Lipinski definition) is 6. The minimum atomic E-state index is -0.416. The number of likely N-dealkylation sites (N-methyl/N-ethyl adjacent to an activating group) is 1. The number of H-pyrrole nitrogens is 1. The molecular formula is C27H32N8O2. The van der Waals surface area contributed by atoms with Gasteiger partial charge >= 0.3 is 6.03 Å². The summed E-state index contributed by atoms with van der Waals surface area (Å²) in [7, 11) is 2.17. The largest absolute Gasteiger partial charge is 0.457 e. The molecule has 0 unspecified atom stereocenters. The van der Waals surface area contributed by atoms with Crippen molar-refractivity contribution in [3.8, 4) is 11.5 Å². The highest BCUT2D eigenvalue weighted by atomic mass is 16.5. The Balaban J connectivity index is 1.07. The first kappa shape index (κ1) is 24.5. The molecule has 3 N–H and O–H groups in total. The zero-order valence-corrected chi connectivity index (χ0v) is 20.9. The number of aromatic nitrogens is 3. The molecule has 1 saturated heterocycles. The third-order valence-electron chi connectivity index (χ3n) is 6.46. The smallest absolute Gasteiger partial charge is 0.339 e. The molecule has 4 aromatic rings. The molecule has 2 amide bonds. The van der Waals surface area contributed by atoms with Gasteiger partial charge in [0.1, 0.15) is 17.1 Å². The van der Waals surface area contributed by atoms with Crippen LogP contribution in [-0.4, -0.2) is 76.4 Å².